The number of rotatable bonds is 4. The van der Waals surface area contributed by atoms with Crippen LogP contribution in [0.4, 0.5) is 0 Å². The quantitative estimate of drug-likeness (QED) is 0.686. The van der Waals surface area contributed by atoms with Gasteiger partial charge in [0.2, 0.25) is 16.8 Å². The van der Waals surface area contributed by atoms with Gasteiger partial charge in [-0.15, -0.1) is 0 Å². The van der Waals surface area contributed by atoms with Crippen molar-refractivity contribution >= 4 is 21.0 Å². The van der Waals surface area contributed by atoms with Crippen molar-refractivity contribution < 1.29 is 22.4 Å². The summed E-state index contributed by atoms with van der Waals surface area (Å²) in [6.07, 6.45) is 0.776. The van der Waals surface area contributed by atoms with Crippen LogP contribution in [0.1, 0.15) is 23.6 Å². The molecule has 2 aliphatic heterocycles. The minimum atomic E-state index is -3.47. The number of sulfonamides is 1. The first-order chi connectivity index (χ1) is 13.1. The molecular weight excluding hydrogens is 368 g/mol. The zero-order chi connectivity index (χ0) is 18.4. The molecule has 140 valence electrons. The second-order valence-electron chi connectivity index (χ2n) is 6.84. The van der Waals surface area contributed by atoms with Gasteiger partial charge in [0, 0.05) is 18.5 Å². The third kappa shape index (κ3) is 2.94. The van der Waals surface area contributed by atoms with Gasteiger partial charge < -0.3 is 14.0 Å². The third-order valence-electron chi connectivity index (χ3n) is 5.18. The smallest absolute Gasteiger partial charge is 0.231 e. The van der Waals surface area contributed by atoms with E-state index in [-0.39, 0.29) is 18.5 Å². The van der Waals surface area contributed by atoms with E-state index in [1.165, 1.54) is 0 Å². The molecule has 0 spiro atoms. The van der Waals surface area contributed by atoms with Crippen LogP contribution >= 0.6 is 0 Å². The Labute approximate surface area is 156 Å². The van der Waals surface area contributed by atoms with Crippen LogP contribution in [0.3, 0.4) is 0 Å². The molecule has 0 bridgehead atoms. The SMILES string of the molecule is O=S(=O)(Cc1noc2ccccc12)N1CCC(c2ccc3c(c2)OCO3)C1. The Kier molecular flexibility index (Phi) is 3.84. The summed E-state index contributed by atoms with van der Waals surface area (Å²) in [7, 11) is -3.47. The zero-order valence-corrected chi connectivity index (χ0v) is 15.3. The van der Waals surface area contributed by atoms with Crippen LogP contribution in [0.25, 0.3) is 11.0 Å². The third-order valence-corrected chi connectivity index (χ3v) is 6.94. The number of nitrogens with zero attached hydrogens (tertiary/aromatic N) is 2. The number of benzene rings is 2. The Morgan fingerprint density at radius 2 is 1.96 bits per heavy atom. The second kappa shape index (κ2) is 6.24. The van der Waals surface area contributed by atoms with Crippen molar-refractivity contribution in [3.63, 3.8) is 0 Å². The van der Waals surface area contributed by atoms with Crippen LogP contribution in [0.15, 0.2) is 47.0 Å². The summed E-state index contributed by atoms with van der Waals surface area (Å²) in [5, 5.41) is 4.70. The van der Waals surface area contributed by atoms with Gasteiger partial charge in [0.05, 0.1) is 0 Å². The van der Waals surface area contributed by atoms with Crippen LogP contribution in [0.2, 0.25) is 0 Å². The fourth-order valence-corrected chi connectivity index (χ4v) is 5.25. The maximum absolute atomic E-state index is 12.9. The number of hydrogen-bond acceptors (Lipinski definition) is 6. The molecule has 0 N–H and O–H groups in total. The first-order valence-corrected chi connectivity index (χ1v) is 10.4. The highest BCUT2D eigenvalue weighted by Gasteiger charge is 2.33. The number of para-hydroxylation sites is 1. The lowest BCUT2D eigenvalue weighted by Crippen LogP contribution is -2.30. The summed E-state index contributed by atoms with van der Waals surface area (Å²) in [6.45, 7) is 1.19. The highest BCUT2D eigenvalue weighted by Crippen LogP contribution is 2.37. The number of fused-ring (bicyclic) bond motifs is 2. The molecule has 0 radical (unpaired) electrons. The Hall–Kier alpha value is -2.58. The molecule has 3 aromatic rings. The lowest BCUT2D eigenvalue weighted by molar-refractivity contribution is 0.174. The van der Waals surface area contributed by atoms with E-state index in [4.69, 9.17) is 14.0 Å². The lowest BCUT2D eigenvalue weighted by Gasteiger charge is -2.16. The van der Waals surface area contributed by atoms with Crippen LogP contribution in [-0.2, 0) is 15.8 Å². The second-order valence-corrected chi connectivity index (χ2v) is 8.81. The molecule has 1 fully saturated rings. The van der Waals surface area contributed by atoms with E-state index in [9.17, 15) is 8.42 Å². The van der Waals surface area contributed by atoms with Crippen molar-refractivity contribution in [2.75, 3.05) is 19.9 Å². The van der Waals surface area contributed by atoms with E-state index in [2.05, 4.69) is 5.16 Å². The molecule has 1 saturated heterocycles. The fourth-order valence-electron chi connectivity index (χ4n) is 3.73. The van der Waals surface area contributed by atoms with Crippen molar-refractivity contribution in [1.29, 1.82) is 0 Å². The van der Waals surface area contributed by atoms with E-state index in [0.29, 0.717) is 24.4 Å². The molecule has 0 saturated carbocycles. The average Bonchev–Trinajstić information content (AvgIpc) is 3.41. The fraction of sp³-hybridized carbons (Fsp3) is 0.316. The van der Waals surface area contributed by atoms with Gasteiger partial charge in [0.1, 0.15) is 11.4 Å². The first kappa shape index (κ1) is 16.6. The molecule has 2 aliphatic rings. The maximum Gasteiger partial charge on any atom is 0.231 e. The lowest BCUT2D eigenvalue weighted by atomic mass is 9.98. The van der Waals surface area contributed by atoms with Crippen molar-refractivity contribution in [2.24, 2.45) is 0 Å². The summed E-state index contributed by atoms with van der Waals surface area (Å²) in [6, 6.07) is 13.1. The van der Waals surface area contributed by atoms with Gasteiger partial charge in [-0.3, -0.25) is 0 Å². The van der Waals surface area contributed by atoms with Gasteiger partial charge in [-0.1, -0.05) is 23.4 Å². The molecule has 27 heavy (non-hydrogen) atoms. The summed E-state index contributed by atoms with van der Waals surface area (Å²) in [5.41, 5.74) is 2.13. The predicted octanol–water partition coefficient (Wildman–Crippen LogP) is 2.88. The Balaban J connectivity index is 1.34. The highest BCUT2D eigenvalue weighted by molar-refractivity contribution is 7.88. The Morgan fingerprint density at radius 3 is 2.89 bits per heavy atom. The van der Waals surface area contributed by atoms with E-state index in [1.807, 2.05) is 36.4 Å². The Morgan fingerprint density at radius 1 is 1.11 bits per heavy atom. The van der Waals surface area contributed by atoms with E-state index in [0.717, 1.165) is 28.9 Å². The topological polar surface area (TPSA) is 81.9 Å². The highest BCUT2D eigenvalue weighted by atomic mass is 32.2. The van der Waals surface area contributed by atoms with Crippen LogP contribution in [-0.4, -0.2) is 37.8 Å². The summed E-state index contributed by atoms with van der Waals surface area (Å²) < 4.78 is 43.4. The molecule has 3 heterocycles. The molecule has 0 amide bonds. The van der Waals surface area contributed by atoms with E-state index < -0.39 is 10.0 Å². The van der Waals surface area contributed by atoms with Crippen molar-refractivity contribution in [3.05, 3.63) is 53.7 Å². The first-order valence-electron chi connectivity index (χ1n) is 8.81. The monoisotopic (exact) mass is 386 g/mol. The molecular formula is C19H18N2O5S. The van der Waals surface area contributed by atoms with Gasteiger partial charge in [0.15, 0.2) is 17.1 Å². The predicted molar refractivity (Wildman–Crippen MR) is 98.1 cm³/mol. The van der Waals surface area contributed by atoms with Gasteiger partial charge in [0.25, 0.3) is 0 Å². The normalized spacial score (nSPS) is 19.8. The minimum Gasteiger partial charge on any atom is -0.454 e. The standard InChI is InChI=1S/C19H18N2O5S/c22-27(23,11-16-15-3-1-2-4-17(15)26-20-16)21-8-7-14(10-21)13-5-6-18-19(9-13)25-12-24-18/h1-6,9,14H,7-8,10-12H2. The molecule has 5 rings (SSSR count). The summed E-state index contributed by atoms with van der Waals surface area (Å²) in [5.74, 6) is 1.45. The zero-order valence-electron chi connectivity index (χ0n) is 14.5. The Bertz CT molecular complexity index is 1110. The molecule has 1 aromatic heterocycles. The van der Waals surface area contributed by atoms with Gasteiger partial charge >= 0.3 is 0 Å². The molecule has 8 heteroatoms. The van der Waals surface area contributed by atoms with Crippen molar-refractivity contribution in [3.8, 4) is 11.5 Å². The molecule has 1 unspecified atom stereocenters. The van der Waals surface area contributed by atoms with Gasteiger partial charge in [-0.2, -0.15) is 0 Å². The largest absolute Gasteiger partial charge is 0.454 e. The number of hydrogen-bond donors (Lipinski definition) is 0. The van der Waals surface area contributed by atoms with Crippen molar-refractivity contribution in [1.82, 2.24) is 9.46 Å². The maximum atomic E-state index is 12.9. The minimum absolute atomic E-state index is 0.142. The van der Waals surface area contributed by atoms with Crippen molar-refractivity contribution in [2.45, 2.75) is 18.1 Å². The van der Waals surface area contributed by atoms with E-state index >= 15 is 0 Å². The van der Waals surface area contributed by atoms with Crippen LogP contribution < -0.4 is 9.47 Å². The molecule has 7 nitrogen and oxygen atoms in total. The number of aromatic nitrogens is 1. The van der Waals surface area contributed by atoms with Gasteiger partial charge in [-0.25, -0.2) is 12.7 Å². The molecule has 2 aromatic carbocycles. The summed E-state index contributed by atoms with van der Waals surface area (Å²) in [4.78, 5) is 0. The van der Waals surface area contributed by atoms with Crippen LogP contribution in [0, 0.1) is 0 Å². The summed E-state index contributed by atoms with van der Waals surface area (Å²) >= 11 is 0. The molecule has 1 atom stereocenters. The number of ether oxygens (including phenoxy) is 2. The average molecular weight is 386 g/mol. The van der Waals surface area contributed by atoms with E-state index in [1.54, 1.807) is 10.4 Å². The van der Waals surface area contributed by atoms with Crippen LogP contribution in [0.5, 0.6) is 11.5 Å². The van der Waals surface area contributed by atoms with Gasteiger partial charge in [-0.05, 0) is 42.2 Å². The molecule has 0 aliphatic carbocycles.